The summed E-state index contributed by atoms with van der Waals surface area (Å²) in [4.78, 5) is 15.6. The third-order valence-corrected chi connectivity index (χ3v) is 11.5. The minimum absolute atomic E-state index is 0.0696. The lowest BCUT2D eigenvalue weighted by Gasteiger charge is -2.22. The monoisotopic (exact) mass is 717 g/mol. The number of fused-ring (bicyclic) bond motifs is 8. The molecule has 3 heterocycles. The summed E-state index contributed by atoms with van der Waals surface area (Å²) in [6.45, 7) is 4.65. The summed E-state index contributed by atoms with van der Waals surface area (Å²) in [5.74, 6) is 0.684. The number of pyridine rings is 1. The van der Waals surface area contributed by atoms with E-state index in [-0.39, 0.29) is 5.41 Å². The van der Waals surface area contributed by atoms with Gasteiger partial charge in [0.2, 0.25) is 0 Å². The summed E-state index contributed by atoms with van der Waals surface area (Å²) >= 11 is 0. The van der Waals surface area contributed by atoms with Crippen molar-refractivity contribution in [2.75, 3.05) is 0 Å². The molecular formula is C52H35N3O. The molecule has 0 saturated carbocycles. The van der Waals surface area contributed by atoms with Gasteiger partial charge in [0.15, 0.2) is 5.82 Å². The van der Waals surface area contributed by atoms with Crippen LogP contribution in [0.15, 0.2) is 180 Å². The highest BCUT2D eigenvalue weighted by molar-refractivity contribution is 6.19. The van der Waals surface area contributed by atoms with E-state index in [0.29, 0.717) is 5.82 Å². The first-order valence-electron chi connectivity index (χ1n) is 19.1. The molecule has 56 heavy (non-hydrogen) atoms. The zero-order valence-electron chi connectivity index (χ0n) is 31.0. The maximum Gasteiger partial charge on any atom is 0.160 e. The van der Waals surface area contributed by atoms with Crippen molar-refractivity contribution in [3.05, 3.63) is 187 Å². The van der Waals surface area contributed by atoms with E-state index in [1.807, 2.05) is 36.4 Å². The number of furan rings is 1. The summed E-state index contributed by atoms with van der Waals surface area (Å²) in [6.07, 6.45) is 0. The molecular weight excluding hydrogens is 683 g/mol. The molecule has 0 amide bonds. The van der Waals surface area contributed by atoms with Crippen molar-refractivity contribution in [1.82, 2.24) is 15.0 Å². The number of benzene rings is 7. The Morgan fingerprint density at radius 2 is 1.04 bits per heavy atom. The zero-order valence-corrected chi connectivity index (χ0v) is 31.0. The lowest BCUT2D eigenvalue weighted by Crippen LogP contribution is -2.14. The number of hydrogen-bond acceptors (Lipinski definition) is 4. The summed E-state index contributed by atoms with van der Waals surface area (Å²) in [5, 5.41) is 3.10. The van der Waals surface area contributed by atoms with Crippen molar-refractivity contribution in [1.29, 1.82) is 0 Å². The SMILES string of the molecule is CC1(C)c2ccccc2-c2ccc(-c3cccc(-c4nc(-c5ccccc5)cc(-c5ccc(-c6nc7ccccc7c7oc8ccccc8c67)cc5)n4)c3)cc21. The molecule has 4 nitrogen and oxygen atoms in total. The molecule has 0 N–H and O–H groups in total. The molecule has 0 bridgehead atoms. The van der Waals surface area contributed by atoms with E-state index in [0.717, 1.165) is 77.7 Å². The Morgan fingerprint density at radius 3 is 1.88 bits per heavy atom. The fourth-order valence-electron chi connectivity index (χ4n) is 8.62. The average molecular weight is 718 g/mol. The van der Waals surface area contributed by atoms with E-state index >= 15 is 0 Å². The van der Waals surface area contributed by atoms with E-state index < -0.39 is 0 Å². The molecule has 1 aliphatic rings. The van der Waals surface area contributed by atoms with Gasteiger partial charge in [-0.25, -0.2) is 15.0 Å². The molecule has 0 radical (unpaired) electrons. The van der Waals surface area contributed by atoms with Gasteiger partial charge in [0.1, 0.15) is 11.2 Å². The highest BCUT2D eigenvalue weighted by Gasteiger charge is 2.35. The maximum atomic E-state index is 6.45. The second-order valence-corrected chi connectivity index (χ2v) is 15.2. The second kappa shape index (κ2) is 12.4. The molecule has 0 fully saturated rings. The van der Waals surface area contributed by atoms with Crippen molar-refractivity contribution in [3.8, 4) is 67.4 Å². The number of aromatic nitrogens is 3. The standard InChI is InChI=1S/C52H35N3O/c1-52(2)42-20-9-6-17-38(42)39-28-27-36(30-43(39)52)35-15-12-16-37(29-35)51-54-45(32-13-4-3-5-14-32)31-46(55-51)33-23-25-34(26-24-33)49-48-41-19-8-11-22-47(41)56-50(48)40-18-7-10-21-44(40)53-49/h3-31H,1-2H3. The minimum Gasteiger partial charge on any atom is -0.455 e. The largest absolute Gasteiger partial charge is 0.455 e. The minimum atomic E-state index is -0.0696. The predicted octanol–water partition coefficient (Wildman–Crippen LogP) is 13.6. The topological polar surface area (TPSA) is 51.8 Å². The summed E-state index contributed by atoms with van der Waals surface area (Å²) in [7, 11) is 0. The van der Waals surface area contributed by atoms with Crippen LogP contribution in [0.2, 0.25) is 0 Å². The van der Waals surface area contributed by atoms with Gasteiger partial charge in [0.05, 0.1) is 28.0 Å². The lowest BCUT2D eigenvalue weighted by molar-refractivity contribution is 0.660. The molecule has 264 valence electrons. The fourth-order valence-corrected chi connectivity index (χ4v) is 8.62. The maximum absolute atomic E-state index is 6.45. The molecule has 0 saturated heterocycles. The molecule has 0 spiro atoms. The van der Waals surface area contributed by atoms with Crippen LogP contribution in [0, 0.1) is 0 Å². The molecule has 3 aromatic heterocycles. The van der Waals surface area contributed by atoms with Gasteiger partial charge in [-0.05, 0) is 69.8 Å². The Morgan fingerprint density at radius 1 is 0.429 bits per heavy atom. The quantitative estimate of drug-likeness (QED) is 0.178. The summed E-state index contributed by atoms with van der Waals surface area (Å²) < 4.78 is 6.45. The first-order chi connectivity index (χ1) is 27.5. The molecule has 7 aromatic carbocycles. The van der Waals surface area contributed by atoms with E-state index in [1.165, 1.54) is 27.8 Å². The molecule has 4 heteroatoms. The van der Waals surface area contributed by atoms with Gasteiger partial charge in [-0.3, -0.25) is 0 Å². The lowest BCUT2D eigenvalue weighted by atomic mass is 9.81. The second-order valence-electron chi connectivity index (χ2n) is 15.2. The van der Waals surface area contributed by atoms with E-state index in [4.69, 9.17) is 19.4 Å². The van der Waals surface area contributed by atoms with Crippen molar-refractivity contribution in [2.24, 2.45) is 0 Å². The van der Waals surface area contributed by atoms with Crippen LogP contribution in [0.5, 0.6) is 0 Å². The van der Waals surface area contributed by atoms with Gasteiger partial charge in [-0.2, -0.15) is 0 Å². The first-order valence-corrected chi connectivity index (χ1v) is 19.1. The Bertz CT molecular complexity index is 3160. The highest BCUT2D eigenvalue weighted by atomic mass is 16.3. The molecule has 11 rings (SSSR count). The Hall–Kier alpha value is -7.17. The normalized spacial score (nSPS) is 13.0. The van der Waals surface area contributed by atoms with Crippen LogP contribution in [-0.2, 0) is 5.41 Å². The zero-order chi connectivity index (χ0) is 37.4. The molecule has 0 atom stereocenters. The Kier molecular flexibility index (Phi) is 7.17. The molecule has 1 aliphatic carbocycles. The van der Waals surface area contributed by atoms with Crippen LogP contribution in [-0.4, -0.2) is 15.0 Å². The van der Waals surface area contributed by atoms with Crippen LogP contribution >= 0.6 is 0 Å². The number of rotatable bonds is 5. The van der Waals surface area contributed by atoms with Gasteiger partial charge in [-0.15, -0.1) is 0 Å². The fraction of sp³-hybridized carbons (Fsp3) is 0.0577. The predicted molar refractivity (Wildman–Crippen MR) is 229 cm³/mol. The molecule has 10 aromatic rings. The van der Waals surface area contributed by atoms with Gasteiger partial charge in [-0.1, -0.05) is 153 Å². The molecule has 0 unspecified atom stereocenters. The van der Waals surface area contributed by atoms with E-state index in [1.54, 1.807) is 0 Å². The average Bonchev–Trinajstić information content (AvgIpc) is 3.76. The van der Waals surface area contributed by atoms with Crippen molar-refractivity contribution >= 4 is 32.8 Å². The van der Waals surface area contributed by atoms with Crippen LogP contribution in [0.4, 0.5) is 0 Å². The van der Waals surface area contributed by atoms with Gasteiger partial charge in [0, 0.05) is 38.4 Å². The third kappa shape index (κ3) is 5.10. The summed E-state index contributed by atoms with van der Waals surface area (Å²) in [5.41, 5.74) is 16.9. The number of hydrogen-bond donors (Lipinski definition) is 0. The van der Waals surface area contributed by atoms with Crippen molar-refractivity contribution in [2.45, 2.75) is 19.3 Å². The number of para-hydroxylation sites is 2. The smallest absolute Gasteiger partial charge is 0.160 e. The van der Waals surface area contributed by atoms with E-state index in [9.17, 15) is 0 Å². The van der Waals surface area contributed by atoms with Gasteiger partial charge >= 0.3 is 0 Å². The van der Waals surface area contributed by atoms with Crippen LogP contribution < -0.4 is 0 Å². The first kappa shape index (κ1) is 32.3. The Labute approximate surface area is 324 Å². The molecule has 0 aliphatic heterocycles. The van der Waals surface area contributed by atoms with E-state index in [2.05, 4.69) is 153 Å². The third-order valence-electron chi connectivity index (χ3n) is 11.5. The van der Waals surface area contributed by atoms with Crippen LogP contribution in [0.3, 0.4) is 0 Å². The highest BCUT2D eigenvalue weighted by Crippen LogP contribution is 2.49. The van der Waals surface area contributed by atoms with Crippen molar-refractivity contribution < 1.29 is 4.42 Å². The van der Waals surface area contributed by atoms with Crippen LogP contribution in [0.1, 0.15) is 25.0 Å². The van der Waals surface area contributed by atoms with Gasteiger partial charge < -0.3 is 4.42 Å². The summed E-state index contributed by atoms with van der Waals surface area (Å²) in [6, 6.07) is 61.7. The van der Waals surface area contributed by atoms with Crippen LogP contribution in [0.25, 0.3) is 100 Å². The van der Waals surface area contributed by atoms with Crippen molar-refractivity contribution in [3.63, 3.8) is 0 Å². The van der Waals surface area contributed by atoms with Gasteiger partial charge in [0.25, 0.3) is 0 Å². The number of nitrogens with zero attached hydrogens (tertiary/aromatic N) is 3. The Balaban J connectivity index is 1.01.